The number of hydrogen-bond donors (Lipinski definition) is 2. The van der Waals surface area contributed by atoms with Crippen molar-refractivity contribution in [3.05, 3.63) is 89.8 Å². The zero-order valence-corrected chi connectivity index (χ0v) is 15.8. The number of amides is 1. The summed E-state index contributed by atoms with van der Waals surface area (Å²) in [6, 6.07) is 23.1. The highest BCUT2D eigenvalue weighted by Crippen LogP contribution is 2.26. The normalized spacial score (nSPS) is 15.4. The van der Waals surface area contributed by atoms with E-state index >= 15 is 0 Å². The first-order chi connectivity index (χ1) is 13.7. The van der Waals surface area contributed by atoms with Crippen molar-refractivity contribution >= 4 is 51.0 Å². The van der Waals surface area contributed by atoms with Gasteiger partial charge in [-0.05, 0) is 40.7 Å². The third-order valence-electron chi connectivity index (χ3n) is 5.06. The number of hydrogen-bond acceptors (Lipinski definition) is 2. The van der Waals surface area contributed by atoms with Crippen molar-refractivity contribution in [2.24, 2.45) is 0 Å². The zero-order chi connectivity index (χ0) is 19.1. The number of thiocarbonyl (C=S) groups is 1. The van der Waals surface area contributed by atoms with E-state index in [4.69, 9.17) is 12.2 Å². The van der Waals surface area contributed by atoms with Crippen LogP contribution in [0.4, 0.5) is 0 Å². The maximum atomic E-state index is 12.0. The molecule has 4 aromatic rings. The SMILES string of the molecule is O=C1NC(=S)N/C1=C/c1cn(Cc2cccc3ccccc23)c2ccccc12. The highest BCUT2D eigenvalue weighted by molar-refractivity contribution is 7.80. The highest BCUT2D eigenvalue weighted by atomic mass is 32.1. The Morgan fingerprint density at radius 1 is 0.893 bits per heavy atom. The molecular formula is C23H17N3OS. The van der Waals surface area contributed by atoms with Gasteiger partial charge in [0.15, 0.2) is 5.11 Å². The molecule has 0 aliphatic carbocycles. The molecule has 0 radical (unpaired) electrons. The lowest BCUT2D eigenvalue weighted by Crippen LogP contribution is -2.21. The quantitative estimate of drug-likeness (QED) is 0.412. The standard InChI is InChI=1S/C23H17N3OS/c27-22-20(24-23(28)25-22)12-17-14-26(21-11-4-3-10-19(17)21)13-16-8-5-7-15-6-1-2-9-18(15)16/h1-12,14H,13H2,(H2,24,25,27,28)/b20-12+. The minimum absolute atomic E-state index is 0.198. The minimum atomic E-state index is -0.198. The number of fused-ring (bicyclic) bond motifs is 2. The second-order valence-electron chi connectivity index (χ2n) is 6.83. The van der Waals surface area contributed by atoms with E-state index in [1.54, 1.807) is 0 Å². The summed E-state index contributed by atoms with van der Waals surface area (Å²) < 4.78 is 2.23. The summed E-state index contributed by atoms with van der Waals surface area (Å²) in [7, 11) is 0. The fourth-order valence-corrected chi connectivity index (χ4v) is 3.98. The first-order valence-corrected chi connectivity index (χ1v) is 9.48. The molecule has 5 heteroatoms. The van der Waals surface area contributed by atoms with Gasteiger partial charge in [0, 0.05) is 29.2 Å². The van der Waals surface area contributed by atoms with Crippen molar-refractivity contribution in [3.63, 3.8) is 0 Å². The molecule has 1 amide bonds. The summed E-state index contributed by atoms with van der Waals surface area (Å²) in [5.41, 5.74) is 3.84. The number of carbonyl (C=O) groups is 1. The number of benzene rings is 3. The van der Waals surface area contributed by atoms with Gasteiger partial charge in [0.2, 0.25) is 0 Å². The first-order valence-electron chi connectivity index (χ1n) is 9.07. The van der Waals surface area contributed by atoms with Crippen LogP contribution in [0, 0.1) is 0 Å². The number of rotatable bonds is 3. The molecule has 3 aromatic carbocycles. The van der Waals surface area contributed by atoms with E-state index in [0.29, 0.717) is 10.8 Å². The average Bonchev–Trinajstić information content (AvgIpc) is 3.22. The van der Waals surface area contributed by atoms with E-state index in [-0.39, 0.29) is 5.91 Å². The van der Waals surface area contributed by atoms with Gasteiger partial charge in [-0.25, -0.2) is 0 Å². The molecule has 2 N–H and O–H groups in total. The van der Waals surface area contributed by atoms with Crippen LogP contribution < -0.4 is 10.6 Å². The van der Waals surface area contributed by atoms with Crippen LogP contribution in [0.2, 0.25) is 0 Å². The molecule has 2 heterocycles. The Morgan fingerprint density at radius 2 is 1.64 bits per heavy atom. The molecule has 4 nitrogen and oxygen atoms in total. The number of carbonyl (C=O) groups excluding carboxylic acids is 1. The number of para-hydroxylation sites is 1. The van der Waals surface area contributed by atoms with Gasteiger partial charge in [0.1, 0.15) is 5.70 Å². The summed E-state index contributed by atoms with van der Waals surface area (Å²) in [6.45, 7) is 0.753. The fraction of sp³-hybridized carbons (Fsp3) is 0.0435. The second kappa shape index (κ2) is 6.62. The van der Waals surface area contributed by atoms with Crippen molar-refractivity contribution in [1.82, 2.24) is 15.2 Å². The Balaban J connectivity index is 1.62. The van der Waals surface area contributed by atoms with Gasteiger partial charge >= 0.3 is 0 Å². The number of nitrogens with one attached hydrogen (secondary N) is 2. The predicted octanol–water partition coefficient (Wildman–Crippen LogP) is 4.19. The van der Waals surface area contributed by atoms with Gasteiger partial charge < -0.3 is 9.88 Å². The van der Waals surface area contributed by atoms with Gasteiger partial charge in [-0.2, -0.15) is 0 Å². The maximum absolute atomic E-state index is 12.0. The third kappa shape index (κ3) is 2.86. The fourth-order valence-electron chi connectivity index (χ4n) is 3.77. The molecule has 0 bridgehead atoms. The van der Waals surface area contributed by atoms with Crippen molar-refractivity contribution in [2.75, 3.05) is 0 Å². The van der Waals surface area contributed by atoms with Crippen molar-refractivity contribution in [1.29, 1.82) is 0 Å². The van der Waals surface area contributed by atoms with Crippen LogP contribution in [0.5, 0.6) is 0 Å². The van der Waals surface area contributed by atoms with E-state index in [0.717, 1.165) is 23.0 Å². The van der Waals surface area contributed by atoms with Gasteiger partial charge in [0.25, 0.3) is 5.91 Å². The topological polar surface area (TPSA) is 46.1 Å². The second-order valence-corrected chi connectivity index (χ2v) is 7.24. The van der Waals surface area contributed by atoms with Gasteiger partial charge in [-0.15, -0.1) is 0 Å². The molecule has 0 saturated carbocycles. The molecule has 1 saturated heterocycles. The minimum Gasteiger partial charge on any atom is -0.342 e. The van der Waals surface area contributed by atoms with Crippen LogP contribution in [0.25, 0.3) is 27.8 Å². The average molecular weight is 383 g/mol. The summed E-state index contributed by atoms with van der Waals surface area (Å²) in [4.78, 5) is 12.0. The lowest BCUT2D eigenvalue weighted by molar-refractivity contribution is -0.115. The van der Waals surface area contributed by atoms with Crippen molar-refractivity contribution in [3.8, 4) is 0 Å². The van der Waals surface area contributed by atoms with E-state index in [9.17, 15) is 4.79 Å². The Morgan fingerprint density at radius 3 is 2.46 bits per heavy atom. The molecule has 0 atom stereocenters. The van der Waals surface area contributed by atoms with E-state index < -0.39 is 0 Å². The molecule has 0 unspecified atom stereocenters. The highest BCUT2D eigenvalue weighted by Gasteiger charge is 2.20. The van der Waals surface area contributed by atoms with E-state index in [2.05, 4.69) is 76.0 Å². The summed E-state index contributed by atoms with van der Waals surface area (Å²) in [5.74, 6) is -0.198. The molecule has 28 heavy (non-hydrogen) atoms. The predicted molar refractivity (Wildman–Crippen MR) is 117 cm³/mol. The molecule has 0 spiro atoms. The van der Waals surface area contributed by atoms with Crippen LogP contribution in [0.15, 0.2) is 78.6 Å². The first kappa shape index (κ1) is 16.7. The Labute approximate surface area is 167 Å². The third-order valence-corrected chi connectivity index (χ3v) is 5.26. The van der Waals surface area contributed by atoms with Crippen molar-refractivity contribution in [2.45, 2.75) is 6.54 Å². The lowest BCUT2D eigenvalue weighted by atomic mass is 10.0. The van der Waals surface area contributed by atoms with Crippen LogP contribution in [0.3, 0.4) is 0 Å². The molecule has 1 aromatic heterocycles. The van der Waals surface area contributed by atoms with E-state index in [1.165, 1.54) is 16.3 Å². The van der Waals surface area contributed by atoms with Gasteiger partial charge in [-0.1, -0.05) is 60.7 Å². The lowest BCUT2D eigenvalue weighted by Gasteiger charge is -2.09. The summed E-state index contributed by atoms with van der Waals surface area (Å²) in [6.07, 6.45) is 3.95. The maximum Gasteiger partial charge on any atom is 0.273 e. The van der Waals surface area contributed by atoms with Crippen LogP contribution in [-0.4, -0.2) is 15.6 Å². The molecule has 136 valence electrons. The summed E-state index contributed by atoms with van der Waals surface area (Å²) >= 11 is 5.03. The smallest absolute Gasteiger partial charge is 0.273 e. The monoisotopic (exact) mass is 383 g/mol. The zero-order valence-electron chi connectivity index (χ0n) is 15.0. The molecule has 1 aliphatic heterocycles. The largest absolute Gasteiger partial charge is 0.342 e. The van der Waals surface area contributed by atoms with Crippen LogP contribution in [0.1, 0.15) is 11.1 Å². The number of nitrogens with zero attached hydrogens (tertiary/aromatic N) is 1. The Hall–Kier alpha value is -3.44. The van der Waals surface area contributed by atoms with Crippen molar-refractivity contribution < 1.29 is 4.79 Å². The Bertz CT molecular complexity index is 1280. The Kier molecular flexibility index (Phi) is 3.95. The molecule has 1 aliphatic rings. The summed E-state index contributed by atoms with van der Waals surface area (Å²) in [5, 5.41) is 9.46. The van der Waals surface area contributed by atoms with E-state index in [1.807, 2.05) is 18.2 Å². The molecular weight excluding hydrogens is 366 g/mol. The molecule has 5 rings (SSSR count). The number of aromatic nitrogens is 1. The van der Waals surface area contributed by atoms with Crippen LogP contribution >= 0.6 is 12.2 Å². The van der Waals surface area contributed by atoms with Gasteiger partial charge in [0.05, 0.1) is 0 Å². The van der Waals surface area contributed by atoms with Gasteiger partial charge in [-0.3, -0.25) is 10.1 Å². The van der Waals surface area contributed by atoms with Crippen LogP contribution in [-0.2, 0) is 11.3 Å². The molecule has 1 fully saturated rings.